The molecule has 1 aromatic carbocycles. The van der Waals surface area contributed by atoms with E-state index in [1.807, 2.05) is 41.8 Å². The Morgan fingerprint density at radius 1 is 1.17 bits per heavy atom. The van der Waals surface area contributed by atoms with Gasteiger partial charge in [-0.3, -0.25) is 9.59 Å². The van der Waals surface area contributed by atoms with Crippen molar-refractivity contribution in [2.45, 2.75) is 33.1 Å². The Balaban J connectivity index is 1.97. The van der Waals surface area contributed by atoms with Crippen LogP contribution < -0.4 is 10.2 Å². The van der Waals surface area contributed by atoms with E-state index in [4.69, 9.17) is 0 Å². The molecule has 2 amide bonds. The van der Waals surface area contributed by atoms with Crippen molar-refractivity contribution >= 4 is 28.8 Å². The Morgan fingerprint density at radius 2 is 1.92 bits per heavy atom. The summed E-state index contributed by atoms with van der Waals surface area (Å²) in [6.45, 7) is 6.69. The van der Waals surface area contributed by atoms with Crippen molar-refractivity contribution in [3.8, 4) is 0 Å². The third kappa shape index (κ3) is 4.93. The fourth-order valence-corrected chi connectivity index (χ4v) is 3.31. The normalized spacial score (nSPS) is 10.7. The maximum absolute atomic E-state index is 12.1. The van der Waals surface area contributed by atoms with Crippen LogP contribution in [0.3, 0.4) is 0 Å². The van der Waals surface area contributed by atoms with Crippen LogP contribution in [0.5, 0.6) is 0 Å². The first-order chi connectivity index (χ1) is 11.5. The van der Waals surface area contributed by atoms with Gasteiger partial charge in [0.05, 0.1) is 6.42 Å². The van der Waals surface area contributed by atoms with Crippen LogP contribution in [0.25, 0.3) is 0 Å². The molecular weight excluding hydrogens is 320 g/mol. The minimum atomic E-state index is -0.0180. The van der Waals surface area contributed by atoms with Gasteiger partial charge in [-0.2, -0.15) is 0 Å². The number of anilines is 1. The van der Waals surface area contributed by atoms with Crippen LogP contribution in [0, 0.1) is 0 Å². The number of nitrogens with zero attached hydrogens (tertiary/aromatic N) is 1. The Morgan fingerprint density at radius 3 is 2.54 bits per heavy atom. The minimum absolute atomic E-state index is 0.0157. The van der Waals surface area contributed by atoms with Gasteiger partial charge in [-0.05, 0) is 29.0 Å². The number of para-hydroxylation sites is 1. The lowest BCUT2D eigenvalue weighted by atomic mass is 10.0. The highest BCUT2D eigenvalue weighted by atomic mass is 32.1. The van der Waals surface area contributed by atoms with Crippen LogP contribution in [0.4, 0.5) is 5.69 Å². The van der Waals surface area contributed by atoms with Gasteiger partial charge in [-0.15, -0.1) is 11.3 Å². The van der Waals surface area contributed by atoms with E-state index in [1.54, 1.807) is 23.2 Å². The molecule has 5 heteroatoms. The minimum Gasteiger partial charge on any atom is -0.354 e. The molecule has 0 aliphatic rings. The quantitative estimate of drug-likeness (QED) is 0.834. The summed E-state index contributed by atoms with van der Waals surface area (Å²) in [5.74, 6) is 0.296. The summed E-state index contributed by atoms with van der Waals surface area (Å²) in [5, 5.41) is 4.86. The van der Waals surface area contributed by atoms with Gasteiger partial charge in [0.15, 0.2) is 0 Å². The maximum atomic E-state index is 12.1. The fourth-order valence-electron chi connectivity index (χ4n) is 2.61. The number of hydrogen-bond acceptors (Lipinski definition) is 3. The van der Waals surface area contributed by atoms with Gasteiger partial charge in [0, 0.05) is 30.6 Å². The van der Waals surface area contributed by atoms with Crippen molar-refractivity contribution in [3.63, 3.8) is 0 Å². The van der Waals surface area contributed by atoms with Gasteiger partial charge in [0.1, 0.15) is 0 Å². The second kappa shape index (κ2) is 8.64. The maximum Gasteiger partial charge on any atom is 0.225 e. The highest BCUT2D eigenvalue weighted by Gasteiger charge is 2.16. The Hall–Kier alpha value is -2.14. The number of nitrogens with one attached hydrogen (secondary N) is 1. The largest absolute Gasteiger partial charge is 0.354 e. The SMILES string of the molecule is CC(=O)N(CCNC(=O)Cc1cccs1)c1ccccc1C(C)C. The smallest absolute Gasteiger partial charge is 0.225 e. The van der Waals surface area contributed by atoms with E-state index in [-0.39, 0.29) is 11.8 Å². The second-order valence-electron chi connectivity index (χ2n) is 5.99. The fraction of sp³-hybridized carbons (Fsp3) is 0.368. The standard InChI is InChI=1S/C19H24N2O2S/c1-14(2)17-8-4-5-9-18(17)21(15(3)22)11-10-20-19(23)13-16-7-6-12-24-16/h4-9,12,14H,10-11,13H2,1-3H3,(H,20,23). The van der Waals surface area contributed by atoms with Crippen molar-refractivity contribution in [1.29, 1.82) is 0 Å². The van der Waals surface area contributed by atoms with Crippen molar-refractivity contribution in [2.24, 2.45) is 0 Å². The zero-order valence-corrected chi connectivity index (χ0v) is 15.2. The summed E-state index contributed by atoms with van der Waals surface area (Å²) in [7, 11) is 0. The van der Waals surface area contributed by atoms with Crippen molar-refractivity contribution < 1.29 is 9.59 Å². The molecule has 0 fully saturated rings. The summed E-state index contributed by atoms with van der Waals surface area (Å²) >= 11 is 1.57. The number of thiophene rings is 1. The number of rotatable bonds is 7. The summed E-state index contributed by atoms with van der Waals surface area (Å²) in [6, 6.07) is 11.8. The zero-order valence-electron chi connectivity index (χ0n) is 14.4. The van der Waals surface area contributed by atoms with E-state index in [1.165, 1.54) is 0 Å². The van der Waals surface area contributed by atoms with Crippen LogP contribution in [0.2, 0.25) is 0 Å². The molecule has 2 aromatic rings. The molecule has 0 radical (unpaired) electrons. The predicted octanol–water partition coefficient (Wildman–Crippen LogP) is 3.58. The lowest BCUT2D eigenvalue weighted by Gasteiger charge is -2.25. The molecule has 0 spiro atoms. The lowest BCUT2D eigenvalue weighted by molar-refractivity contribution is -0.120. The number of hydrogen-bond donors (Lipinski definition) is 1. The van der Waals surface area contributed by atoms with Crippen molar-refractivity contribution in [1.82, 2.24) is 5.32 Å². The third-order valence-corrected chi connectivity index (χ3v) is 4.68. The molecule has 2 rings (SSSR count). The molecule has 0 atom stereocenters. The van der Waals surface area contributed by atoms with Gasteiger partial charge >= 0.3 is 0 Å². The topological polar surface area (TPSA) is 49.4 Å². The van der Waals surface area contributed by atoms with Gasteiger partial charge in [-0.1, -0.05) is 38.1 Å². The predicted molar refractivity (Wildman–Crippen MR) is 99.6 cm³/mol. The van der Waals surface area contributed by atoms with Crippen LogP contribution in [-0.2, 0) is 16.0 Å². The molecule has 24 heavy (non-hydrogen) atoms. The van der Waals surface area contributed by atoms with Crippen LogP contribution in [0.1, 0.15) is 37.1 Å². The molecule has 0 saturated heterocycles. The summed E-state index contributed by atoms with van der Waals surface area (Å²) in [5.41, 5.74) is 2.06. The average molecular weight is 344 g/mol. The van der Waals surface area contributed by atoms with E-state index < -0.39 is 0 Å². The highest BCUT2D eigenvalue weighted by Crippen LogP contribution is 2.27. The molecule has 1 aromatic heterocycles. The molecule has 0 saturated carbocycles. The first-order valence-electron chi connectivity index (χ1n) is 8.15. The lowest BCUT2D eigenvalue weighted by Crippen LogP contribution is -2.38. The number of amides is 2. The van der Waals surface area contributed by atoms with E-state index in [2.05, 4.69) is 19.2 Å². The average Bonchev–Trinajstić information content (AvgIpc) is 3.04. The second-order valence-corrected chi connectivity index (χ2v) is 7.02. The van der Waals surface area contributed by atoms with Crippen molar-refractivity contribution in [3.05, 3.63) is 52.2 Å². The Kier molecular flexibility index (Phi) is 6.55. The summed E-state index contributed by atoms with van der Waals surface area (Å²) < 4.78 is 0. The van der Waals surface area contributed by atoms with Crippen LogP contribution >= 0.6 is 11.3 Å². The van der Waals surface area contributed by atoms with E-state index in [0.717, 1.165) is 16.1 Å². The molecule has 0 unspecified atom stereocenters. The highest BCUT2D eigenvalue weighted by molar-refractivity contribution is 7.10. The van der Waals surface area contributed by atoms with Gasteiger partial charge in [-0.25, -0.2) is 0 Å². The molecule has 0 aliphatic carbocycles. The molecule has 1 N–H and O–H groups in total. The van der Waals surface area contributed by atoms with Gasteiger partial charge in [0.2, 0.25) is 11.8 Å². The van der Waals surface area contributed by atoms with Crippen LogP contribution in [0.15, 0.2) is 41.8 Å². The van der Waals surface area contributed by atoms with E-state index in [0.29, 0.717) is 25.4 Å². The van der Waals surface area contributed by atoms with Gasteiger partial charge < -0.3 is 10.2 Å². The first-order valence-corrected chi connectivity index (χ1v) is 9.03. The van der Waals surface area contributed by atoms with Crippen LogP contribution in [-0.4, -0.2) is 24.9 Å². The molecule has 0 aliphatic heterocycles. The number of benzene rings is 1. The molecule has 128 valence electrons. The van der Waals surface area contributed by atoms with E-state index in [9.17, 15) is 9.59 Å². The molecule has 1 heterocycles. The Bertz CT molecular complexity index is 680. The number of carbonyl (C=O) groups is 2. The third-order valence-electron chi connectivity index (χ3n) is 3.80. The van der Waals surface area contributed by atoms with E-state index >= 15 is 0 Å². The number of carbonyl (C=O) groups excluding carboxylic acids is 2. The first kappa shape index (κ1) is 18.2. The molecule has 0 bridgehead atoms. The monoisotopic (exact) mass is 344 g/mol. The Labute approximate surface area is 147 Å². The molecule has 4 nitrogen and oxygen atoms in total. The summed E-state index contributed by atoms with van der Waals surface area (Å²) in [6.07, 6.45) is 0.389. The van der Waals surface area contributed by atoms with Gasteiger partial charge in [0.25, 0.3) is 0 Å². The molecular formula is C19H24N2O2S. The zero-order chi connectivity index (χ0) is 17.5. The summed E-state index contributed by atoms with van der Waals surface area (Å²) in [4.78, 5) is 26.8. The van der Waals surface area contributed by atoms with Crippen molar-refractivity contribution in [2.75, 3.05) is 18.0 Å².